The molecule has 0 aromatic heterocycles. The van der Waals surface area contributed by atoms with Crippen molar-refractivity contribution < 1.29 is 19.0 Å². The number of carboxylic acids is 1. The van der Waals surface area contributed by atoms with E-state index in [0.29, 0.717) is 16.4 Å². The van der Waals surface area contributed by atoms with Crippen LogP contribution in [0.4, 0.5) is 10.1 Å². The van der Waals surface area contributed by atoms with Crippen molar-refractivity contribution in [2.75, 3.05) is 11.4 Å². The molecule has 0 aliphatic carbocycles. The Morgan fingerprint density at radius 2 is 2.26 bits per heavy atom. The fraction of sp³-hybridized carbons (Fsp3) is 0.385. The van der Waals surface area contributed by atoms with Crippen LogP contribution in [0.2, 0.25) is 0 Å². The summed E-state index contributed by atoms with van der Waals surface area (Å²) in [6, 6.07) is 3.99. The summed E-state index contributed by atoms with van der Waals surface area (Å²) >= 11 is 5.30. The molecular formula is C13H14FNO3S. The van der Waals surface area contributed by atoms with Gasteiger partial charge in [0.25, 0.3) is 0 Å². The second-order valence-corrected chi connectivity index (χ2v) is 5.13. The summed E-state index contributed by atoms with van der Waals surface area (Å²) in [5, 5.41) is 8.97. The molecule has 19 heavy (non-hydrogen) atoms. The predicted octanol–water partition coefficient (Wildman–Crippen LogP) is 2.46. The molecule has 4 nitrogen and oxygen atoms in total. The Kier molecular flexibility index (Phi) is 3.71. The zero-order chi connectivity index (χ0) is 14.2. The van der Waals surface area contributed by atoms with E-state index in [0.717, 1.165) is 0 Å². The van der Waals surface area contributed by atoms with Crippen molar-refractivity contribution in [1.82, 2.24) is 0 Å². The van der Waals surface area contributed by atoms with Crippen molar-refractivity contribution >= 4 is 28.9 Å². The maximum Gasteiger partial charge on any atom is 0.323 e. The van der Waals surface area contributed by atoms with Crippen LogP contribution in [0, 0.1) is 11.7 Å². The van der Waals surface area contributed by atoms with E-state index in [1.165, 1.54) is 23.1 Å². The summed E-state index contributed by atoms with van der Waals surface area (Å²) in [6.07, 6.45) is -0.427. The second kappa shape index (κ2) is 5.13. The zero-order valence-corrected chi connectivity index (χ0v) is 11.4. The molecule has 6 heteroatoms. The molecule has 102 valence electrons. The highest BCUT2D eigenvalue weighted by atomic mass is 32.1. The molecule has 1 N–H and O–H groups in total. The maximum atomic E-state index is 13.3. The number of rotatable bonds is 3. The van der Waals surface area contributed by atoms with Crippen molar-refractivity contribution in [2.45, 2.75) is 20.0 Å². The number of fused-ring (bicyclic) bond motifs is 1. The van der Waals surface area contributed by atoms with Crippen molar-refractivity contribution in [3.63, 3.8) is 0 Å². The molecule has 0 fully saturated rings. The molecule has 1 aromatic rings. The predicted molar refractivity (Wildman–Crippen MR) is 73.2 cm³/mol. The first-order valence-corrected chi connectivity index (χ1v) is 6.30. The topological polar surface area (TPSA) is 49.8 Å². The summed E-state index contributed by atoms with van der Waals surface area (Å²) in [5.41, 5.74) is 0.491. The third-order valence-electron chi connectivity index (χ3n) is 2.87. The highest BCUT2D eigenvalue weighted by molar-refractivity contribution is 7.80. The largest absolute Gasteiger partial charge is 0.481 e. The van der Waals surface area contributed by atoms with Crippen LogP contribution in [-0.4, -0.2) is 28.7 Å². The molecule has 1 unspecified atom stereocenters. The number of halogens is 1. The number of hydrogen-bond donors (Lipinski definition) is 1. The number of nitrogens with zero attached hydrogens (tertiary/aromatic N) is 1. The summed E-state index contributed by atoms with van der Waals surface area (Å²) in [5.74, 6) is -1.03. The first-order chi connectivity index (χ1) is 8.90. The molecule has 1 aliphatic heterocycles. The number of benzene rings is 1. The fourth-order valence-electron chi connectivity index (χ4n) is 1.98. The molecule has 0 spiro atoms. The average molecular weight is 283 g/mol. The average Bonchev–Trinajstić information content (AvgIpc) is 2.31. The summed E-state index contributed by atoms with van der Waals surface area (Å²) in [4.78, 5) is 12.9. The van der Waals surface area contributed by atoms with E-state index in [2.05, 4.69) is 0 Å². The second-order valence-electron chi connectivity index (χ2n) is 4.71. The number of anilines is 1. The normalized spacial score (nSPS) is 18.2. The smallest absolute Gasteiger partial charge is 0.323 e. The van der Waals surface area contributed by atoms with E-state index in [1.54, 1.807) is 0 Å². The fourth-order valence-corrected chi connectivity index (χ4v) is 2.47. The lowest BCUT2D eigenvalue weighted by molar-refractivity contribution is -0.135. The third kappa shape index (κ3) is 2.68. The van der Waals surface area contributed by atoms with Crippen LogP contribution < -0.4 is 9.64 Å². The quantitative estimate of drug-likeness (QED) is 0.864. The number of ether oxygens (including phenoxy) is 1. The Bertz CT molecular complexity index is 533. The molecule has 1 atom stereocenters. The van der Waals surface area contributed by atoms with Crippen molar-refractivity contribution in [2.24, 2.45) is 5.92 Å². The molecule has 1 heterocycles. The van der Waals surface area contributed by atoms with Crippen LogP contribution in [-0.2, 0) is 4.79 Å². The van der Waals surface area contributed by atoms with Crippen molar-refractivity contribution in [1.29, 1.82) is 0 Å². The van der Waals surface area contributed by atoms with Gasteiger partial charge in [-0.2, -0.15) is 0 Å². The number of thiocarbonyl (C=S) groups is 1. The summed E-state index contributed by atoms with van der Waals surface area (Å²) in [6.45, 7) is 3.57. The van der Waals surface area contributed by atoms with Crippen LogP contribution in [0.1, 0.15) is 13.8 Å². The number of hydrogen-bond acceptors (Lipinski definition) is 3. The highest BCUT2D eigenvalue weighted by Gasteiger charge is 2.34. The van der Waals surface area contributed by atoms with Crippen molar-refractivity contribution in [3.8, 4) is 5.75 Å². The van der Waals surface area contributed by atoms with E-state index in [4.69, 9.17) is 22.1 Å². The minimum atomic E-state index is -0.998. The van der Waals surface area contributed by atoms with Crippen LogP contribution in [0.3, 0.4) is 0 Å². The van der Waals surface area contributed by atoms with Crippen LogP contribution >= 0.6 is 12.2 Å². The summed E-state index contributed by atoms with van der Waals surface area (Å²) in [7, 11) is 0. The molecule has 0 radical (unpaired) electrons. The zero-order valence-electron chi connectivity index (χ0n) is 10.6. The van der Waals surface area contributed by atoms with E-state index < -0.39 is 17.9 Å². The summed E-state index contributed by atoms with van der Waals surface area (Å²) < 4.78 is 18.9. The van der Waals surface area contributed by atoms with Gasteiger partial charge in [-0.3, -0.25) is 4.79 Å². The lowest BCUT2D eigenvalue weighted by atomic mass is 10.0. The van der Waals surface area contributed by atoms with Gasteiger partial charge in [0.05, 0.1) is 5.69 Å². The molecular weight excluding hydrogens is 269 g/mol. The monoisotopic (exact) mass is 283 g/mol. The lowest BCUT2D eigenvalue weighted by Gasteiger charge is -2.37. The van der Waals surface area contributed by atoms with Gasteiger partial charge >= 0.3 is 5.97 Å². The van der Waals surface area contributed by atoms with E-state index in [-0.39, 0.29) is 12.5 Å². The Morgan fingerprint density at radius 3 is 2.84 bits per heavy atom. The molecule has 0 bridgehead atoms. The van der Waals surface area contributed by atoms with Gasteiger partial charge in [-0.05, 0) is 18.1 Å². The van der Waals surface area contributed by atoms with E-state index in [1.807, 2.05) is 13.8 Å². The van der Waals surface area contributed by atoms with Gasteiger partial charge in [-0.25, -0.2) is 4.39 Å². The first kappa shape index (κ1) is 13.7. The Hall–Kier alpha value is -1.69. The van der Waals surface area contributed by atoms with Crippen molar-refractivity contribution in [3.05, 3.63) is 24.0 Å². The standard InChI is InChI=1S/C13H14FNO3S/c1-7(2)12-13(19)15(6-11(16)17)9-4-3-8(14)5-10(9)18-12/h3-5,7,12H,6H2,1-2H3,(H,16,17). The molecule has 1 aliphatic rings. The first-order valence-electron chi connectivity index (χ1n) is 5.89. The van der Waals surface area contributed by atoms with Gasteiger partial charge in [-0.1, -0.05) is 26.1 Å². The maximum absolute atomic E-state index is 13.3. The Balaban J connectivity index is 2.46. The van der Waals surface area contributed by atoms with Crippen LogP contribution in [0.25, 0.3) is 0 Å². The van der Waals surface area contributed by atoms with E-state index in [9.17, 15) is 9.18 Å². The minimum absolute atomic E-state index is 0.0696. The van der Waals surface area contributed by atoms with Crippen LogP contribution in [0.5, 0.6) is 5.75 Å². The molecule has 0 amide bonds. The molecule has 1 aromatic carbocycles. The van der Waals surface area contributed by atoms with Gasteiger partial charge in [0.1, 0.15) is 23.1 Å². The van der Waals surface area contributed by atoms with E-state index >= 15 is 0 Å². The van der Waals surface area contributed by atoms with Gasteiger partial charge in [0.15, 0.2) is 6.10 Å². The molecule has 0 saturated carbocycles. The van der Waals surface area contributed by atoms with Gasteiger partial charge in [-0.15, -0.1) is 0 Å². The number of aliphatic carboxylic acids is 1. The van der Waals surface area contributed by atoms with Gasteiger partial charge < -0.3 is 14.7 Å². The SMILES string of the molecule is CC(C)C1Oc2cc(F)ccc2N(CC(=O)O)C1=S. The minimum Gasteiger partial charge on any atom is -0.481 e. The van der Waals surface area contributed by atoms with Gasteiger partial charge in [0.2, 0.25) is 0 Å². The molecule has 2 rings (SSSR count). The number of carbonyl (C=O) groups is 1. The Labute approximate surface area is 115 Å². The third-order valence-corrected chi connectivity index (χ3v) is 3.33. The Morgan fingerprint density at radius 1 is 1.58 bits per heavy atom. The van der Waals surface area contributed by atoms with Gasteiger partial charge in [0, 0.05) is 6.07 Å². The lowest BCUT2D eigenvalue weighted by Crippen LogP contribution is -2.49. The highest BCUT2D eigenvalue weighted by Crippen LogP contribution is 2.36. The van der Waals surface area contributed by atoms with Crippen LogP contribution in [0.15, 0.2) is 18.2 Å². The molecule has 0 saturated heterocycles. The number of carboxylic acid groups (broad SMARTS) is 1.